The highest BCUT2D eigenvalue weighted by Gasteiger charge is 2.06. The Hall–Kier alpha value is -2.32. The van der Waals surface area contributed by atoms with E-state index in [1.54, 1.807) is 11.6 Å². The molecule has 0 saturated heterocycles. The Bertz CT molecular complexity index is 672. The number of aromatic nitrogens is 1. The first-order valence-corrected chi connectivity index (χ1v) is 8.51. The number of likely N-dealkylation sites (N-methyl/N-ethyl adjacent to an activating group) is 1. The van der Waals surface area contributed by atoms with E-state index in [-0.39, 0.29) is 0 Å². The van der Waals surface area contributed by atoms with Crippen molar-refractivity contribution in [3.8, 4) is 11.5 Å². The van der Waals surface area contributed by atoms with Crippen LogP contribution in [0.4, 0.5) is 10.9 Å². The van der Waals surface area contributed by atoms with Crippen LogP contribution in [-0.4, -0.2) is 50.0 Å². The number of nitrogen functional groups attached to an aromatic ring is 1. The molecule has 0 radical (unpaired) electrons. The molecule has 0 bridgehead atoms. The van der Waals surface area contributed by atoms with E-state index < -0.39 is 0 Å². The van der Waals surface area contributed by atoms with E-state index >= 15 is 0 Å². The molecule has 8 heteroatoms. The lowest BCUT2D eigenvalue weighted by Crippen LogP contribution is -2.19. The molecule has 0 fully saturated rings. The summed E-state index contributed by atoms with van der Waals surface area (Å²) in [5, 5.41) is 6.56. The Morgan fingerprint density at radius 3 is 2.83 bits per heavy atom. The van der Waals surface area contributed by atoms with Crippen LogP contribution in [0, 0.1) is 0 Å². The maximum atomic E-state index is 5.78. The fourth-order valence-corrected chi connectivity index (χ4v) is 2.38. The van der Waals surface area contributed by atoms with Gasteiger partial charge in [-0.05, 0) is 44.8 Å². The molecular weight excluding hydrogens is 326 g/mol. The van der Waals surface area contributed by atoms with Crippen LogP contribution in [-0.2, 0) is 0 Å². The van der Waals surface area contributed by atoms with Crippen LogP contribution in [0.1, 0.15) is 12.5 Å². The maximum Gasteiger partial charge on any atom is 0.205 e. The average molecular weight is 349 g/mol. The molecule has 2 rings (SSSR count). The third-order valence-corrected chi connectivity index (χ3v) is 3.72. The van der Waals surface area contributed by atoms with Crippen molar-refractivity contribution < 1.29 is 9.47 Å². The Labute approximate surface area is 146 Å². The summed E-state index contributed by atoms with van der Waals surface area (Å²) in [7, 11) is 4.02. The number of hydrazone groups is 1. The average Bonchev–Trinajstić information content (AvgIpc) is 2.95. The van der Waals surface area contributed by atoms with E-state index in [1.807, 2.05) is 39.2 Å². The number of nitrogens with zero attached hydrogens (tertiary/aromatic N) is 3. The standard InChI is InChI=1S/C16H23N5O2S/c1-4-22-14-9-12(5-6-13(14)23-8-7-21(2)3)10-18-20-16-19-15(17)11-24-16/h5-6,9-11H,4,7-8,17H2,1-3H3,(H,19,20). The van der Waals surface area contributed by atoms with Gasteiger partial charge in [0.2, 0.25) is 5.13 Å². The summed E-state index contributed by atoms with van der Waals surface area (Å²) in [5.41, 5.74) is 9.31. The summed E-state index contributed by atoms with van der Waals surface area (Å²) >= 11 is 1.40. The molecule has 0 saturated carbocycles. The third-order valence-electron chi connectivity index (χ3n) is 2.96. The quantitative estimate of drug-likeness (QED) is 0.534. The summed E-state index contributed by atoms with van der Waals surface area (Å²) in [5.74, 6) is 1.92. The van der Waals surface area contributed by atoms with Gasteiger partial charge in [-0.25, -0.2) is 4.98 Å². The van der Waals surface area contributed by atoms with Gasteiger partial charge in [0.25, 0.3) is 0 Å². The molecule has 0 unspecified atom stereocenters. The number of hydrogen-bond acceptors (Lipinski definition) is 8. The molecule has 2 aromatic rings. The van der Waals surface area contributed by atoms with Crippen molar-refractivity contribution in [3.05, 3.63) is 29.1 Å². The van der Waals surface area contributed by atoms with Gasteiger partial charge >= 0.3 is 0 Å². The fraction of sp³-hybridized carbons (Fsp3) is 0.375. The topological polar surface area (TPSA) is 85.0 Å². The molecule has 7 nitrogen and oxygen atoms in total. The lowest BCUT2D eigenvalue weighted by atomic mass is 10.2. The van der Waals surface area contributed by atoms with Crippen molar-refractivity contribution in [2.24, 2.45) is 5.10 Å². The van der Waals surface area contributed by atoms with Crippen molar-refractivity contribution in [1.29, 1.82) is 0 Å². The molecule has 0 aliphatic rings. The predicted molar refractivity (Wildman–Crippen MR) is 99.4 cm³/mol. The predicted octanol–water partition coefficient (Wildman–Crippen LogP) is 2.51. The summed E-state index contributed by atoms with van der Waals surface area (Å²) in [6.45, 7) is 3.96. The van der Waals surface area contributed by atoms with Crippen LogP contribution in [0.25, 0.3) is 0 Å². The van der Waals surface area contributed by atoms with E-state index in [0.717, 1.165) is 17.9 Å². The first kappa shape index (κ1) is 18.0. The van der Waals surface area contributed by atoms with Crippen molar-refractivity contribution in [1.82, 2.24) is 9.88 Å². The van der Waals surface area contributed by atoms with Gasteiger partial charge < -0.3 is 20.1 Å². The Morgan fingerprint density at radius 2 is 2.17 bits per heavy atom. The van der Waals surface area contributed by atoms with E-state index in [9.17, 15) is 0 Å². The van der Waals surface area contributed by atoms with Gasteiger partial charge in [0, 0.05) is 11.9 Å². The zero-order chi connectivity index (χ0) is 17.4. The highest BCUT2D eigenvalue weighted by atomic mass is 32.1. The Kier molecular flexibility index (Phi) is 6.83. The lowest BCUT2D eigenvalue weighted by Gasteiger charge is -2.14. The molecule has 1 aromatic carbocycles. The number of benzene rings is 1. The SMILES string of the molecule is CCOc1cc(C=NNc2nc(N)cs2)ccc1OCCN(C)C. The molecule has 1 heterocycles. The minimum absolute atomic E-state index is 0.482. The molecular formula is C16H23N5O2S. The molecule has 0 atom stereocenters. The highest BCUT2D eigenvalue weighted by molar-refractivity contribution is 7.14. The molecule has 24 heavy (non-hydrogen) atoms. The molecule has 0 aliphatic carbocycles. The molecule has 3 N–H and O–H groups in total. The Morgan fingerprint density at radius 1 is 1.33 bits per heavy atom. The normalized spacial score (nSPS) is 11.2. The smallest absolute Gasteiger partial charge is 0.205 e. The van der Waals surface area contributed by atoms with E-state index in [0.29, 0.717) is 29.9 Å². The van der Waals surface area contributed by atoms with Gasteiger partial charge in [0.1, 0.15) is 12.4 Å². The monoisotopic (exact) mass is 349 g/mol. The van der Waals surface area contributed by atoms with Gasteiger partial charge in [-0.1, -0.05) is 0 Å². The molecule has 130 valence electrons. The first-order valence-electron chi connectivity index (χ1n) is 7.63. The van der Waals surface area contributed by atoms with Gasteiger partial charge in [-0.15, -0.1) is 11.3 Å². The third kappa shape index (κ3) is 5.71. The van der Waals surface area contributed by atoms with Crippen LogP contribution >= 0.6 is 11.3 Å². The second-order valence-electron chi connectivity index (χ2n) is 5.24. The van der Waals surface area contributed by atoms with Crippen LogP contribution in [0.15, 0.2) is 28.7 Å². The minimum atomic E-state index is 0.482. The highest BCUT2D eigenvalue weighted by Crippen LogP contribution is 2.28. The minimum Gasteiger partial charge on any atom is -0.490 e. The van der Waals surface area contributed by atoms with Gasteiger partial charge in [0.05, 0.1) is 12.8 Å². The lowest BCUT2D eigenvalue weighted by molar-refractivity contribution is 0.244. The fourth-order valence-electron chi connectivity index (χ4n) is 1.83. The van der Waals surface area contributed by atoms with Crippen molar-refractivity contribution in [2.45, 2.75) is 6.92 Å². The second-order valence-corrected chi connectivity index (χ2v) is 6.10. The molecule has 0 aliphatic heterocycles. The van der Waals surface area contributed by atoms with Gasteiger partial charge in [-0.3, -0.25) is 5.43 Å². The van der Waals surface area contributed by atoms with Gasteiger partial charge in [-0.2, -0.15) is 5.10 Å². The number of anilines is 2. The number of hydrogen-bond donors (Lipinski definition) is 2. The first-order chi connectivity index (χ1) is 11.6. The maximum absolute atomic E-state index is 5.78. The summed E-state index contributed by atoms with van der Waals surface area (Å²) < 4.78 is 11.4. The van der Waals surface area contributed by atoms with E-state index in [1.165, 1.54) is 11.3 Å². The number of ether oxygens (including phenoxy) is 2. The number of nitrogens with two attached hydrogens (primary N) is 1. The van der Waals surface area contributed by atoms with Crippen molar-refractivity contribution in [2.75, 3.05) is 45.0 Å². The van der Waals surface area contributed by atoms with Crippen LogP contribution in [0.3, 0.4) is 0 Å². The van der Waals surface area contributed by atoms with Crippen LogP contribution in [0.2, 0.25) is 0 Å². The molecule has 1 aromatic heterocycles. The summed E-state index contributed by atoms with van der Waals surface area (Å²) in [6.07, 6.45) is 1.70. The largest absolute Gasteiger partial charge is 0.490 e. The summed E-state index contributed by atoms with van der Waals surface area (Å²) in [6, 6.07) is 5.72. The van der Waals surface area contributed by atoms with E-state index in [2.05, 4.69) is 20.4 Å². The number of nitrogens with one attached hydrogen (secondary N) is 1. The number of thiazole rings is 1. The molecule has 0 spiro atoms. The van der Waals surface area contributed by atoms with Crippen LogP contribution in [0.5, 0.6) is 11.5 Å². The van der Waals surface area contributed by atoms with Gasteiger partial charge in [0.15, 0.2) is 11.5 Å². The Balaban J connectivity index is 2.01. The molecule has 0 amide bonds. The second kappa shape index (κ2) is 9.09. The van der Waals surface area contributed by atoms with Crippen molar-refractivity contribution in [3.63, 3.8) is 0 Å². The number of rotatable bonds is 9. The summed E-state index contributed by atoms with van der Waals surface area (Å²) in [4.78, 5) is 6.14. The van der Waals surface area contributed by atoms with Crippen LogP contribution < -0.4 is 20.6 Å². The zero-order valence-corrected chi connectivity index (χ0v) is 15.0. The zero-order valence-electron chi connectivity index (χ0n) is 14.2. The van der Waals surface area contributed by atoms with Crippen molar-refractivity contribution >= 4 is 28.5 Å². The van der Waals surface area contributed by atoms with E-state index in [4.69, 9.17) is 15.2 Å².